The van der Waals surface area contributed by atoms with Crippen LogP contribution in [0.3, 0.4) is 0 Å². The van der Waals surface area contributed by atoms with Gasteiger partial charge in [0, 0.05) is 0 Å². The first-order chi connectivity index (χ1) is 15.8. The van der Waals surface area contributed by atoms with E-state index in [0.29, 0.717) is 12.8 Å². The van der Waals surface area contributed by atoms with Crippen LogP contribution in [0.1, 0.15) is 150 Å². The van der Waals surface area contributed by atoms with Crippen molar-refractivity contribution in [1.82, 2.24) is 0 Å². The fraction of sp³-hybridized carbons (Fsp3) is 0.931. The molecule has 0 saturated heterocycles. The van der Waals surface area contributed by atoms with Gasteiger partial charge < -0.3 is 9.84 Å². The van der Waals surface area contributed by atoms with Gasteiger partial charge in [0.1, 0.15) is 6.10 Å². The van der Waals surface area contributed by atoms with Gasteiger partial charge in [0.05, 0.1) is 11.3 Å². The molecule has 1 saturated carbocycles. The summed E-state index contributed by atoms with van der Waals surface area (Å²) in [5.74, 6) is -0.962. The van der Waals surface area contributed by atoms with Crippen molar-refractivity contribution in [2.75, 3.05) is 0 Å². The number of carboxylic acid groups (broad SMARTS) is 1. The first-order valence-electron chi connectivity index (χ1n) is 14.2. The van der Waals surface area contributed by atoms with E-state index in [0.717, 1.165) is 44.4 Å². The zero-order valence-corrected chi connectivity index (χ0v) is 22.3. The molecule has 0 amide bonds. The van der Waals surface area contributed by atoms with E-state index in [-0.39, 0.29) is 12.1 Å². The summed E-state index contributed by atoms with van der Waals surface area (Å²) in [6.45, 7) is 8.62. The van der Waals surface area contributed by atoms with Crippen LogP contribution in [0.25, 0.3) is 0 Å². The fourth-order valence-corrected chi connectivity index (χ4v) is 5.31. The van der Waals surface area contributed by atoms with E-state index in [2.05, 4.69) is 20.8 Å². The van der Waals surface area contributed by atoms with Crippen molar-refractivity contribution in [3.8, 4) is 0 Å². The lowest BCUT2D eigenvalue weighted by Gasteiger charge is -2.37. The molecule has 4 heteroatoms. The standard InChI is InChI=1S/C29H54O4/c1-5-6-7-8-9-10-11-15-20-25(21-16-13-12-14-19-24(2)3)33-28(32)29(4)23-18-17-22-26(29)27(30)31/h24-26H,5-23H2,1-4H3,(H,30,31). The third-order valence-electron chi connectivity index (χ3n) is 7.68. The SMILES string of the molecule is CCCCCCCCCCC(CCCCCCC(C)C)OC(=O)C1(C)CCCCC1C(=O)O. The average molecular weight is 467 g/mol. The Balaban J connectivity index is 2.53. The zero-order chi connectivity index (χ0) is 24.5. The minimum Gasteiger partial charge on any atom is -0.481 e. The molecule has 1 N–H and O–H groups in total. The number of ether oxygens (including phenoxy) is 1. The number of hydrogen-bond donors (Lipinski definition) is 1. The first kappa shape index (κ1) is 30.0. The predicted octanol–water partition coefficient (Wildman–Crippen LogP) is 8.71. The number of carbonyl (C=O) groups excluding carboxylic acids is 1. The lowest BCUT2D eigenvalue weighted by atomic mass is 9.67. The van der Waals surface area contributed by atoms with Gasteiger partial charge >= 0.3 is 11.9 Å². The molecule has 194 valence electrons. The van der Waals surface area contributed by atoms with Gasteiger partial charge in [0.15, 0.2) is 0 Å². The molecule has 3 unspecified atom stereocenters. The van der Waals surface area contributed by atoms with Crippen LogP contribution in [-0.4, -0.2) is 23.1 Å². The van der Waals surface area contributed by atoms with E-state index in [9.17, 15) is 14.7 Å². The van der Waals surface area contributed by atoms with Crippen LogP contribution in [0.5, 0.6) is 0 Å². The van der Waals surface area contributed by atoms with Crippen LogP contribution in [0.4, 0.5) is 0 Å². The van der Waals surface area contributed by atoms with Crippen LogP contribution in [0, 0.1) is 17.3 Å². The molecule has 0 aliphatic heterocycles. The largest absolute Gasteiger partial charge is 0.481 e. The van der Waals surface area contributed by atoms with Crippen molar-refractivity contribution < 1.29 is 19.4 Å². The van der Waals surface area contributed by atoms with Crippen molar-refractivity contribution >= 4 is 11.9 Å². The zero-order valence-electron chi connectivity index (χ0n) is 22.3. The summed E-state index contributed by atoms with van der Waals surface area (Å²) >= 11 is 0. The lowest BCUT2D eigenvalue weighted by Crippen LogP contribution is -2.44. The van der Waals surface area contributed by atoms with E-state index < -0.39 is 17.3 Å². The highest BCUT2D eigenvalue weighted by molar-refractivity contribution is 5.84. The lowest BCUT2D eigenvalue weighted by molar-refractivity contribution is -0.174. The minimum absolute atomic E-state index is 0.0594. The molecule has 0 radical (unpaired) electrons. The maximum atomic E-state index is 13.2. The Morgan fingerprint density at radius 3 is 1.88 bits per heavy atom. The Morgan fingerprint density at radius 1 is 0.848 bits per heavy atom. The highest BCUT2D eigenvalue weighted by Gasteiger charge is 2.48. The molecule has 0 spiro atoms. The van der Waals surface area contributed by atoms with Crippen LogP contribution < -0.4 is 0 Å². The molecular weight excluding hydrogens is 412 g/mol. The Bertz CT molecular complexity index is 530. The molecule has 0 heterocycles. The van der Waals surface area contributed by atoms with Gasteiger partial charge in [0.25, 0.3) is 0 Å². The molecule has 0 aromatic carbocycles. The maximum absolute atomic E-state index is 13.2. The quantitative estimate of drug-likeness (QED) is 0.153. The third kappa shape index (κ3) is 12.3. The van der Waals surface area contributed by atoms with E-state index in [1.807, 2.05) is 6.92 Å². The van der Waals surface area contributed by atoms with Crippen molar-refractivity contribution in [2.45, 2.75) is 156 Å². The fourth-order valence-electron chi connectivity index (χ4n) is 5.31. The second-order valence-corrected chi connectivity index (χ2v) is 11.2. The van der Waals surface area contributed by atoms with Crippen molar-refractivity contribution in [2.24, 2.45) is 17.3 Å². The summed E-state index contributed by atoms with van der Waals surface area (Å²) in [6.07, 6.45) is 21.0. The molecule has 0 aromatic rings. The van der Waals surface area contributed by atoms with E-state index in [4.69, 9.17) is 4.74 Å². The van der Waals surface area contributed by atoms with Gasteiger partial charge in [-0.1, -0.05) is 104 Å². The van der Waals surface area contributed by atoms with Crippen LogP contribution in [-0.2, 0) is 14.3 Å². The summed E-state index contributed by atoms with van der Waals surface area (Å²) in [6, 6.07) is 0. The number of esters is 1. The summed E-state index contributed by atoms with van der Waals surface area (Å²) in [7, 11) is 0. The van der Waals surface area contributed by atoms with Crippen molar-refractivity contribution in [3.63, 3.8) is 0 Å². The summed E-state index contributed by atoms with van der Waals surface area (Å²) in [5.41, 5.74) is -0.876. The number of unbranched alkanes of at least 4 members (excludes halogenated alkanes) is 10. The highest BCUT2D eigenvalue weighted by Crippen LogP contribution is 2.42. The normalized spacial score (nSPS) is 21.8. The van der Waals surface area contributed by atoms with Gasteiger partial charge in [-0.2, -0.15) is 0 Å². The number of carboxylic acids is 1. The Morgan fingerprint density at radius 2 is 1.36 bits per heavy atom. The summed E-state index contributed by atoms with van der Waals surface area (Å²) in [5, 5.41) is 9.69. The molecule has 1 fully saturated rings. The van der Waals surface area contributed by atoms with Crippen molar-refractivity contribution in [3.05, 3.63) is 0 Å². The van der Waals surface area contributed by atoms with E-state index in [1.165, 1.54) is 70.6 Å². The molecule has 1 rings (SSSR count). The Labute approximate surface area is 204 Å². The number of rotatable bonds is 19. The molecule has 0 aromatic heterocycles. The number of hydrogen-bond acceptors (Lipinski definition) is 3. The minimum atomic E-state index is -0.876. The third-order valence-corrected chi connectivity index (χ3v) is 7.68. The van der Waals surface area contributed by atoms with Gasteiger partial charge in [0.2, 0.25) is 0 Å². The molecule has 1 aliphatic rings. The van der Waals surface area contributed by atoms with Crippen LogP contribution in [0.15, 0.2) is 0 Å². The topological polar surface area (TPSA) is 63.6 Å². The Hall–Kier alpha value is -1.06. The Kier molecular flexibility index (Phi) is 15.8. The molecule has 3 atom stereocenters. The molecule has 33 heavy (non-hydrogen) atoms. The smallest absolute Gasteiger partial charge is 0.312 e. The number of carbonyl (C=O) groups is 2. The average Bonchev–Trinajstić information content (AvgIpc) is 2.77. The first-order valence-corrected chi connectivity index (χ1v) is 14.2. The molecule has 4 nitrogen and oxygen atoms in total. The molecule has 1 aliphatic carbocycles. The van der Waals surface area contributed by atoms with E-state index in [1.54, 1.807) is 0 Å². The van der Waals surface area contributed by atoms with Gasteiger partial charge in [-0.05, 0) is 51.4 Å². The summed E-state index contributed by atoms with van der Waals surface area (Å²) in [4.78, 5) is 25.0. The van der Waals surface area contributed by atoms with Gasteiger partial charge in [-0.3, -0.25) is 9.59 Å². The molecular formula is C29H54O4. The van der Waals surface area contributed by atoms with Crippen LogP contribution in [0.2, 0.25) is 0 Å². The predicted molar refractivity (Wildman–Crippen MR) is 137 cm³/mol. The second kappa shape index (κ2) is 17.4. The number of aliphatic carboxylic acids is 1. The van der Waals surface area contributed by atoms with Crippen molar-refractivity contribution in [1.29, 1.82) is 0 Å². The second-order valence-electron chi connectivity index (χ2n) is 11.2. The monoisotopic (exact) mass is 466 g/mol. The summed E-state index contributed by atoms with van der Waals surface area (Å²) < 4.78 is 6.08. The molecule has 0 bridgehead atoms. The maximum Gasteiger partial charge on any atom is 0.312 e. The van der Waals surface area contributed by atoms with Crippen LogP contribution >= 0.6 is 0 Å². The highest BCUT2D eigenvalue weighted by atomic mass is 16.5. The van der Waals surface area contributed by atoms with E-state index >= 15 is 0 Å². The van der Waals surface area contributed by atoms with Gasteiger partial charge in [-0.15, -0.1) is 0 Å². The van der Waals surface area contributed by atoms with Gasteiger partial charge in [-0.25, -0.2) is 0 Å².